The van der Waals surface area contributed by atoms with Gasteiger partial charge in [-0.2, -0.15) is 0 Å². The van der Waals surface area contributed by atoms with E-state index in [9.17, 15) is 4.79 Å². The molecule has 1 saturated heterocycles. The lowest BCUT2D eigenvalue weighted by molar-refractivity contribution is -0.122. The molecule has 0 saturated carbocycles. The van der Waals surface area contributed by atoms with Crippen molar-refractivity contribution in [2.75, 3.05) is 24.2 Å². The summed E-state index contributed by atoms with van der Waals surface area (Å²) in [6, 6.07) is 5.81. The van der Waals surface area contributed by atoms with Gasteiger partial charge in [0.25, 0.3) is 0 Å². The zero-order valence-electron chi connectivity index (χ0n) is 12.2. The van der Waals surface area contributed by atoms with Crippen LogP contribution in [0, 0.1) is 0 Å². The van der Waals surface area contributed by atoms with E-state index in [2.05, 4.69) is 15.2 Å². The topological polar surface area (TPSA) is 71.2 Å². The Labute approximate surface area is 124 Å². The Balaban J connectivity index is 2.05. The number of benzene rings is 1. The van der Waals surface area contributed by atoms with E-state index in [-0.39, 0.29) is 11.9 Å². The molecule has 0 bridgehead atoms. The molecule has 3 N–H and O–H groups in total. The van der Waals surface area contributed by atoms with Crippen LogP contribution in [0.2, 0.25) is 0 Å². The highest BCUT2D eigenvalue weighted by molar-refractivity contribution is 5.99. The van der Waals surface area contributed by atoms with Gasteiger partial charge < -0.3 is 16.0 Å². The molecule has 1 aliphatic heterocycles. The minimum absolute atomic E-state index is 0.0592. The molecular weight excluding hydrogens is 264 g/mol. The molecule has 1 aromatic heterocycles. The van der Waals surface area contributed by atoms with Crippen LogP contribution in [-0.4, -0.2) is 30.5 Å². The van der Waals surface area contributed by atoms with E-state index in [0.717, 1.165) is 48.0 Å². The van der Waals surface area contributed by atoms with Crippen molar-refractivity contribution in [2.45, 2.75) is 25.3 Å². The fraction of sp³-hybridized carbons (Fsp3) is 0.375. The highest BCUT2D eigenvalue weighted by atomic mass is 16.2. The summed E-state index contributed by atoms with van der Waals surface area (Å²) in [5.41, 5.74) is 8.03. The summed E-state index contributed by atoms with van der Waals surface area (Å²) >= 11 is 0. The molecule has 3 rings (SSSR count). The number of pyridine rings is 1. The number of amides is 1. The molecule has 1 aromatic carbocycles. The van der Waals surface area contributed by atoms with Crippen molar-refractivity contribution in [2.24, 2.45) is 0 Å². The average molecular weight is 284 g/mol. The van der Waals surface area contributed by atoms with Crippen LogP contribution in [0.15, 0.2) is 30.6 Å². The Morgan fingerprint density at radius 3 is 3.05 bits per heavy atom. The molecule has 21 heavy (non-hydrogen) atoms. The number of anilines is 2. The number of fused-ring (bicyclic) bond motifs is 1. The molecule has 0 radical (unpaired) electrons. The zero-order valence-corrected chi connectivity index (χ0v) is 12.2. The molecule has 1 amide bonds. The molecular formula is C16H20N4O. The predicted octanol–water partition coefficient (Wildman–Crippen LogP) is 1.92. The molecule has 1 unspecified atom stereocenters. The first-order chi connectivity index (χ1) is 10.2. The van der Waals surface area contributed by atoms with Gasteiger partial charge in [0.05, 0.1) is 11.4 Å². The van der Waals surface area contributed by atoms with Gasteiger partial charge in [-0.1, -0.05) is 6.07 Å². The van der Waals surface area contributed by atoms with Gasteiger partial charge in [-0.3, -0.25) is 9.78 Å². The minimum Gasteiger partial charge on any atom is -0.397 e. The first-order valence-corrected chi connectivity index (χ1v) is 7.33. The van der Waals surface area contributed by atoms with E-state index in [1.165, 1.54) is 0 Å². The monoisotopic (exact) mass is 284 g/mol. The van der Waals surface area contributed by atoms with Crippen molar-refractivity contribution >= 4 is 28.1 Å². The van der Waals surface area contributed by atoms with Gasteiger partial charge in [0, 0.05) is 36.8 Å². The summed E-state index contributed by atoms with van der Waals surface area (Å²) in [6.45, 7) is 0.860. The van der Waals surface area contributed by atoms with Crippen LogP contribution in [0.1, 0.15) is 19.3 Å². The number of hydrogen-bond acceptors (Lipinski definition) is 4. The SMILES string of the molecule is CNC(=O)C1CCCCN1c1ccc2cnccc2c1N. The summed E-state index contributed by atoms with van der Waals surface area (Å²) in [5, 5.41) is 4.77. The van der Waals surface area contributed by atoms with Crippen LogP contribution in [-0.2, 0) is 4.79 Å². The lowest BCUT2D eigenvalue weighted by atomic mass is 9.99. The van der Waals surface area contributed by atoms with E-state index < -0.39 is 0 Å². The number of hydrogen-bond donors (Lipinski definition) is 2. The van der Waals surface area contributed by atoms with Gasteiger partial charge in [0.15, 0.2) is 0 Å². The van der Waals surface area contributed by atoms with Crippen LogP contribution in [0.25, 0.3) is 10.8 Å². The number of nitrogens with zero attached hydrogens (tertiary/aromatic N) is 2. The quantitative estimate of drug-likeness (QED) is 0.827. The third-order valence-electron chi connectivity index (χ3n) is 4.20. The first-order valence-electron chi connectivity index (χ1n) is 7.33. The van der Waals surface area contributed by atoms with Crippen LogP contribution in [0.4, 0.5) is 11.4 Å². The van der Waals surface area contributed by atoms with Crippen LogP contribution in [0.5, 0.6) is 0 Å². The molecule has 5 nitrogen and oxygen atoms in total. The molecule has 0 spiro atoms. The summed E-state index contributed by atoms with van der Waals surface area (Å²) in [4.78, 5) is 18.4. The third-order valence-corrected chi connectivity index (χ3v) is 4.20. The maximum atomic E-state index is 12.1. The second-order valence-corrected chi connectivity index (χ2v) is 5.41. The number of nitrogen functional groups attached to an aromatic ring is 1. The van der Waals surface area contributed by atoms with Gasteiger partial charge in [-0.05, 0) is 31.4 Å². The number of likely N-dealkylation sites (N-methyl/N-ethyl adjacent to an activating group) is 1. The first kappa shape index (κ1) is 13.7. The Bertz CT molecular complexity index is 670. The standard InChI is InChI=1S/C16H20N4O/c1-18-16(21)14-4-2-3-9-20(14)13-6-5-11-10-19-8-7-12(11)15(13)17/h5-8,10,14H,2-4,9,17H2,1H3,(H,18,21). The Kier molecular flexibility index (Phi) is 3.64. The van der Waals surface area contributed by atoms with Crippen molar-refractivity contribution in [3.05, 3.63) is 30.6 Å². The lowest BCUT2D eigenvalue weighted by Crippen LogP contribution is -2.49. The number of nitrogens with one attached hydrogen (secondary N) is 1. The summed E-state index contributed by atoms with van der Waals surface area (Å²) in [6.07, 6.45) is 6.58. The van der Waals surface area contributed by atoms with E-state index in [1.54, 1.807) is 13.2 Å². The fourth-order valence-corrected chi connectivity index (χ4v) is 3.09. The van der Waals surface area contributed by atoms with Gasteiger partial charge >= 0.3 is 0 Å². The highest BCUT2D eigenvalue weighted by Crippen LogP contribution is 2.34. The van der Waals surface area contributed by atoms with Gasteiger partial charge in [-0.25, -0.2) is 0 Å². The number of piperidine rings is 1. The molecule has 5 heteroatoms. The smallest absolute Gasteiger partial charge is 0.242 e. The molecule has 1 atom stereocenters. The number of carbonyl (C=O) groups is 1. The predicted molar refractivity (Wildman–Crippen MR) is 85.2 cm³/mol. The van der Waals surface area contributed by atoms with Crippen molar-refractivity contribution in [1.82, 2.24) is 10.3 Å². The van der Waals surface area contributed by atoms with E-state index in [1.807, 2.05) is 24.4 Å². The minimum atomic E-state index is -0.134. The van der Waals surface area contributed by atoms with E-state index in [4.69, 9.17) is 5.73 Å². The largest absolute Gasteiger partial charge is 0.397 e. The van der Waals surface area contributed by atoms with Gasteiger partial charge in [0.2, 0.25) is 5.91 Å². The van der Waals surface area contributed by atoms with E-state index >= 15 is 0 Å². The second-order valence-electron chi connectivity index (χ2n) is 5.41. The highest BCUT2D eigenvalue weighted by Gasteiger charge is 2.29. The Morgan fingerprint density at radius 2 is 2.24 bits per heavy atom. The maximum Gasteiger partial charge on any atom is 0.242 e. The Morgan fingerprint density at radius 1 is 1.38 bits per heavy atom. The molecule has 2 heterocycles. The summed E-state index contributed by atoms with van der Waals surface area (Å²) < 4.78 is 0. The third kappa shape index (κ3) is 2.39. The summed E-state index contributed by atoms with van der Waals surface area (Å²) in [7, 11) is 1.69. The number of nitrogens with two attached hydrogens (primary N) is 1. The molecule has 1 fully saturated rings. The Hall–Kier alpha value is -2.30. The number of carbonyl (C=O) groups excluding carboxylic acids is 1. The second kappa shape index (κ2) is 5.60. The molecule has 1 aliphatic rings. The molecule has 110 valence electrons. The number of aromatic nitrogens is 1. The average Bonchev–Trinajstić information content (AvgIpc) is 2.55. The zero-order chi connectivity index (χ0) is 14.8. The van der Waals surface area contributed by atoms with Crippen LogP contribution < -0.4 is 16.0 Å². The molecule has 0 aliphatic carbocycles. The fourth-order valence-electron chi connectivity index (χ4n) is 3.09. The number of rotatable bonds is 2. The molecule has 2 aromatic rings. The van der Waals surface area contributed by atoms with Crippen molar-refractivity contribution in [3.8, 4) is 0 Å². The van der Waals surface area contributed by atoms with Gasteiger partial charge in [-0.15, -0.1) is 0 Å². The van der Waals surface area contributed by atoms with Crippen LogP contribution in [0.3, 0.4) is 0 Å². The van der Waals surface area contributed by atoms with Gasteiger partial charge in [0.1, 0.15) is 6.04 Å². The lowest BCUT2D eigenvalue weighted by Gasteiger charge is -2.37. The normalized spacial score (nSPS) is 18.7. The maximum absolute atomic E-state index is 12.1. The van der Waals surface area contributed by atoms with Crippen molar-refractivity contribution in [3.63, 3.8) is 0 Å². The van der Waals surface area contributed by atoms with Crippen molar-refractivity contribution < 1.29 is 4.79 Å². The van der Waals surface area contributed by atoms with Crippen molar-refractivity contribution in [1.29, 1.82) is 0 Å². The van der Waals surface area contributed by atoms with Crippen LogP contribution >= 0.6 is 0 Å². The summed E-state index contributed by atoms with van der Waals surface area (Å²) in [5.74, 6) is 0.0592. The van der Waals surface area contributed by atoms with E-state index in [0.29, 0.717) is 0 Å².